The number of fused-ring (bicyclic) bond motifs is 1. The van der Waals surface area contributed by atoms with Gasteiger partial charge >= 0.3 is 6.09 Å². The molecule has 4 N–H and O–H groups in total. The summed E-state index contributed by atoms with van der Waals surface area (Å²) in [6.45, 7) is 1.58. The number of non-ortho nitro benzene ring substituents is 1. The van der Waals surface area contributed by atoms with Crippen LogP contribution in [0.5, 0.6) is 0 Å². The van der Waals surface area contributed by atoms with Crippen LogP contribution in [0.1, 0.15) is 18.9 Å². The first-order valence-electron chi connectivity index (χ1n) is 7.24. The van der Waals surface area contributed by atoms with Gasteiger partial charge in [0.05, 0.1) is 16.5 Å². The fourth-order valence-corrected chi connectivity index (χ4v) is 4.82. The minimum Gasteiger partial charge on any atom is -0.465 e. The van der Waals surface area contributed by atoms with E-state index >= 15 is 0 Å². The van der Waals surface area contributed by atoms with Crippen LogP contribution in [0, 0.1) is 27.7 Å². The predicted octanol–water partition coefficient (Wildman–Crippen LogP) is 2.18. The van der Waals surface area contributed by atoms with Crippen LogP contribution < -0.4 is 11.1 Å². The third kappa shape index (κ3) is 2.77. The second-order valence-electron chi connectivity index (χ2n) is 6.23. The van der Waals surface area contributed by atoms with E-state index in [1.54, 1.807) is 0 Å². The van der Waals surface area contributed by atoms with Crippen molar-refractivity contribution in [3.8, 4) is 0 Å². The van der Waals surface area contributed by atoms with E-state index in [1.165, 1.54) is 18.7 Å². The first-order valence-corrected chi connectivity index (χ1v) is 8.06. The van der Waals surface area contributed by atoms with Gasteiger partial charge in [0.1, 0.15) is 0 Å². The minimum atomic E-state index is -1.34. The topological polar surface area (TPSA) is 131 Å². The van der Waals surface area contributed by atoms with Crippen molar-refractivity contribution in [2.75, 3.05) is 6.54 Å². The number of carbonyl (C=O) groups is 1. The predicted molar refractivity (Wildman–Crippen MR) is 86.4 cm³/mol. The van der Waals surface area contributed by atoms with Crippen LogP contribution in [0.2, 0.25) is 0 Å². The standard InChI is InChI=1S/C14H14F2N4O4S/c1-13(7-2-6(20(23)24)3-8(15)10(7)16)9-4-14(9,5-18-12(21)22)25-11(17)19-13/h2-3,9,18H,4-5H2,1H3,(H2,17,19)(H,21,22)/t9-,13+,14-/m0/s1. The molecule has 1 aliphatic carbocycles. The lowest BCUT2D eigenvalue weighted by atomic mass is 9.85. The number of nitrogens with zero attached hydrogens (tertiary/aromatic N) is 2. The molecule has 1 amide bonds. The molecule has 0 bridgehead atoms. The largest absolute Gasteiger partial charge is 0.465 e. The van der Waals surface area contributed by atoms with E-state index in [0.29, 0.717) is 12.5 Å². The molecule has 1 fully saturated rings. The summed E-state index contributed by atoms with van der Waals surface area (Å²) in [4.78, 5) is 25.2. The van der Waals surface area contributed by atoms with Gasteiger partial charge in [-0.05, 0) is 13.3 Å². The maximum absolute atomic E-state index is 14.4. The SMILES string of the molecule is C[C@]1(c2cc([N+](=O)[O-])cc(F)c2F)N=C(N)S[C@]2(CNC(=O)O)C[C@H]21. The van der Waals surface area contributed by atoms with Gasteiger partial charge < -0.3 is 16.2 Å². The number of amides is 1. The molecule has 0 aromatic heterocycles. The van der Waals surface area contributed by atoms with Gasteiger partial charge in [-0.15, -0.1) is 0 Å². The smallest absolute Gasteiger partial charge is 0.404 e. The van der Waals surface area contributed by atoms with Crippen LogP contribution >= 0.6 is 11.8 Å². The molecule has 0 radical (unpaired) electrons. The van der Waals surface area contributed by atoms with Crippen molar-refractivity contribution >= 4 is 28.7 Å². The molecule has 25 heavy (non-hydrogen) atoms. The summed E-state index contributed by atoms with van der Waals surface area (Å²) in [5.74, 6) is -2.91. The molecular formula is C14H14F2N4O4S. The summed E-state index contributed by atoms with van der Waals surface area (Å²) >= 11 is 1.17. The lowest BCUT2D eigenvalue weighted by Crippen LogP contribution is -2.41. The second-order valence-corrected chi connectivity index (χ2v) is 7.66. The van der Waals surface area contributed by atoms with E-state index in [1.807, 2.05) is 0 Å². The average Bonchev–Trinajstić information content (AvgIpc) is 3.23. The second kappa shape index (κ2) is 5.55. The van der Waals surface area contributed by atoms with Crippen molar-refractivity contribution in [1.29, 1.82) is 0 Å². The van der Waals surface area contributed by atoms with E-state index in [9.17, 15) is 23.7 Å². The average molecular weight is 372 g/mol. The molecule has 0 spiro atoms. The third-order valence-corrected chi connectivity index (χ3v) is 5.96. The molecule has 0 unspecified atom stereocenters. The number of benzene rings is 1. The fourth-order valence-electron chi connectivity index (χ4n) is 3.40. The number of thioether (sulfide) groups is 1. The van der Waals surface area contributed by atoms with Gasteiger partial charge in [-0.3, -0.25) is 15.1 Å². The number of nitrogens with one attached hydrogen (secondary N) is 1. The molecule has 1 heterocycles. The first kappa shape index (κ1) is 17.4. The van der Waals surface area contributed by atoms with Crippen LogP contribution in [0.15, 0.2) is 17.1 Å². The quantitative estimate of drug-likeness (QED) is 0.548. The van der Waals surface area contributed by atoms with E-state index in [-0.39, 0.29) is 23.2 Å². The zero-order valence-corrected chi connectivity index (χ0v) is 13.8. The van der Waals surface area contributed by atoms with Crippen LogP contribution in [0.4, 0.5) is 19.3 Å². The normalized spacial score (nSPS) is 30.2. The molecular weight excluding hydrogens is 358 g/mol. The molecule has 1 aromatic carbocycles. The Balaban J connectivity index is 2.06. The molecule has 3 rings (SSSR count). The summed E-state index contributed by atoms with van der Waals surface area (Å²) in [5.41, 5.74) is 3.66. The Morgan fingerprint density at radius 2 is 2.28 bits per heavy atom. The number of nitro groups is 1. The number of hydrogen-bond donors (Lipinski definition) is 3. The van der Waals surface area contributed by atoms with E-state index in [0.717, 1.165) is 6.07 Å². The van der Waals surface area contributed by atoms with Gasteiger partial charge in [0.2, 0.25) is 0 Å². The summed E-state index contributed by atoms with van der Waals surface area (Å²) in [6, 6.07) is 1.47. The van der Waals surface area contributed by atoms with Crippen LogP contribution in [0.3, 0.4) is 0 Å². The lowest BCUT2D eigenvalue weighted by molar-refractivity contribution is -0.385. The van der Waals surface area contributed by atoms with Gasteiger partial charge in [0.15, 0.2) is 16.8 Å². The van der Waals surface area contributed by atoms with E-state index in [4.69, 9.17) is 10.8 Å². The monoisotopic (exact) mass is 372 g/mol. The number of carboxylic acid groups (broad SMARTS) is 1. The molecule has 11 heteroatoms. The molecule has 134 valence electrons. The van der Waals surface area contributed by atoms with Crippen molar-refractivity contribution < 1.29 is 23.6 Å². The minimum absolute atomic E-state index is 0.0580. The summed E-state index contributed by atoms with van der Waals surface area (Å²) < 4.78 is 27.6. The zero-order valence-electron chi connectivity index (χ0n) is 13.0. The Bertz CT molecular complexity index is 820. The molecule has 1 aliphatic heterocycles. The highest BCUT2D eigenvalue weighted by Crippen LogP contribution is 2.65. The fraction of sp³-hybridized carbons (Fsp3) is 0.429. The molecule has 2 aliphatic rings. The van der Waals surface area contributed by atoms with Crippen LogP contribution in [-0.4, -0.2) is 32.6 Å². The molecule has 1 saturated carbocycles. The van der Waals surface area contributed by atoms with Crippen molar-refractivity contribution in [3.05, 3.63) is 39.4 Å². The first-order chi connectivity index (χ1) is 11.6. The third-order valence-electron chi connectivity index (χ3n) is 4.66. The van der Waals surface area contributed by atoms with Crippen molar-refractivity contribution in [3.63, 3.8) is 0 Å². The Labute approximate surface area is 144 Å². The van der Waals surface area contributed by atoms with Gasteiger partial charge in [-0.1, -0.05) is 11.8 Å². The van der Waals surface area contributed by atoms with Crippen LogP contribution in [0.25, 0.3) is 0 Å². The Kier molecular flexibility index (Phi) is 3.86. The number of rotatable bonds is 4. The van der Waals surface area contributed by atoms with Gasteiger partial charge in [-0.25, -0.2) is 13.6 Å². The number of amidine groups is 1. The maximum atomic E-state index is 14.4. The number of hydrogen-bond acceptors (Lipinski definition) is 6. The maximum Gasteiger partial charge on any atom is 0.404 e. The van der Waals surface area contributed by atoms with Crippen molar-refractivity contribution in [2.45, 2.75) is 23.6 Å². The van der Waals surface area contributed by atoms with E-state index in [2.05, 4.69) is 10.3 Å². The molecule has 1 aromatic rings. The Morgan fingerprint density at radius 3 is 2.88 bits per heavy atom. The van der Waals surface area contributed by atoms with Gasteiger partial charge in [0, 0.05) is 28.8 Å². The number of nitrogens with two attached hydrogens (primary N) is 1. The highest BCUT2D eigenvalue weighted by atomic mass is 32.2. The van der Waals surface area contributed by atoms with Crippen molar-refractivity contribution in [1.82, 2.24) is 5.32 Å². The highest BCUT2D eigenvalue weighted by Gasteiger charge is 2.66. The summed E-state index contributed by atoms with van der Waals surface area (Å²) in [6.07, 6.45) is -0.751. The Hall–Kier alpha value is -2.43. The Morgan fingerprint density at radius 1 is 1.60 bits per heavy atom. The van der Waals surface area contributed by atoms with Crippen molar-refractivity contribution in [2.24, 2.45) is 16.6 Å². The van der Waals surface area contributed by atoms with Gasteiger partial charge in [-0.2, -0.15) is 0 Å². The highest BCUT2D eigenvalue weighted by molar-refractivity contribution is 8.15. The summed E-state index contributed by atoms with van der Waals surface area (Å²) in [5, 5.41) is 22.1. The number of nitro benzene ring substituents is 1. The van der Waals surface area contributed by atoms with Crippen LogP contribution in [-0.2, 0) is 5.54 Å². The zero-order chi connectivity index (χ0) is 18.6. The van der Waals surface area contributed by atoms with E-state index < -0.39 is 38.6 Å². The number of halogens is 2. The molecule has 8 nitrogen and oxygen atoms in total. The molecule has 0 saturated heterocycles. The number of aliphatic imine (C=N–C) groups is 1. The lowest BCUT2D eigenvalue weighted by Gasteiger charge is -2.34. The summed E-state index contributed by atoms with van der Waals surface area (Å²) in [7, 11) is 0. The molecule has 3 atom stereocenters. The van der Waals surface area contributed by atoms with Gasteiger partial charge in [0.25, 0.3) is 5.69 Å².